The molecule has 2 aromatic rings. The molecule has 122 valence electrons. The lowest BCUT2D eigenvalue weighted by atomic mass is 10.1. The number of hydrogen-bond acceptors (Lipinski definition) is 2. The molecule has 2 rings (SSSR count). The van der Waals surface area contributed by atoms with E-state index in [-0.39, 0.29) is 17.9 Å². The highest BCUT2D eigenvalue weighted by Gasteiger charge is 2.32. The molecule has 0 bridgehead atoms. The number of halogens is 4. The number of rotatable bonds is 5. The van der Waals surface area contributed by atoms with Crippen molar-refractivity contribution in [2.24, 2.45) is 0 Å². The molecule has 0 saturated heterocycles. The fourth-order valence-corrected chi connectivity index (χ4v) is 1.91. The number of amides is 1. The van der Waals surface area contributed by atoms with Gasteiger partial charge in [0.15, 0.2) is 5.75 Å². The second-order valence-electron chi connectivity index (χ2n) is 4.72. The smallest absolute Gasteiger partial charge is 0.404 e. The number of anilines is 1. The third-order valence-electron chi connectivity index (χ3n) is 2.94. The largest absolute Gasteiger partial charge is 0.573 e. The number of alkyl halides is 3. The van der Waals surface area contributed by atoms with Gasteiger partial charge in [-0.1, -0.05) is 24.3 Å². The number of para-hydroxylation sites is 2. The average molecular weight is 327 g/mol. The summed E-state index contributed by atoms with van der Waals surface area (Å²) in [5, 5.41) is 2.38. The van der Waals surface area contributed by atoms with E-state index in [1.165, 1.54) is 30.3 Å². The van der Waals surface area contributed by atoms with E-state index in [9.17, 15) is 22.4 Å². The van der Waals surface area contributed by atoms with Gasteiger partial charge in [-0.15, -0.1) is 13.2 Å². The first-order valence-electron chi connectivity index (χ1n) is 6.72. The molecule has 0 aliphatic rings. The molecule has 0 aliphatic heterocycles. The second-order valence-corrected chi connectivity index (χ2v) is 4.72. The molecule has 1 N–H and O–H groups in total. The molecular weight excluding hydrogens is 314 g/mol. The molecule has 7 heteroatoms. The van der Waals surface area contributed by atoms with Gasteiger partial charge in [0.1, 0.15) is 5.82 Å². The molecule has 0 unspecified atom stereocenters. The predicted octanol–water partition coefficient (Wildman–Crippen LogP) is 4.30. The van der Waals surface area contributed by atoms with Gasteiger partial charge in [0.25, 0.3) is 0 Å². The topological polar surface area (TPSA) is 38.3 Å². The Bertz CT molecular complexity index is 669. The minimum atomic E-state index is -4.84. The summed E-state index contributed by atoms with van der Waals surface area (Å²) in [6.45, 7) is 0. The lowest BCUT2D eigenvalue weighted by Crippen LogP contribution is -2.19. The van der Waals surface area contributed by atoms with E-state index in [4.69, 9.17) is 0 Å². The zero-order valence-corrected chi connectivity index (χ0v) is 11.9. The molecule has 0 fully saturated rings. The summed E-state index contributed by atoms with van der Waals surface area (Å²) < 4.78 is 53.5. The Morgan fingerprint density at radius 2 is 1.70 bits per heavy atom. The van der Waals surface area contributed by atoms with Crippen LogP contribution in [0, 0.1) is 5.82 Å². The molecule has 0 saturated carbocycles. The number of ether oxygens (including phenoxy) is 1. The minimum absolute atomic E-state index is 0.0476. The Morgan fingerprint density at radius 3 is 2.35 bits per heavy atom. The van der Waals surface area contributed by atoms with Crippen molar-refractivity contribution in [1.82, 2.24) is 0 Å². The van der Waals surface area contributed by atoms with Crippen molar-refractivity contribution in [3.63, 3.8) is 0 Å². The van der Waals surface area contributed by atoms with Crippen LogP contribution in [0.4, 0.5) is 23.2 Å². The average Bonchev–Trinajstić information content (AvgIpc) is 2.47. The standard InChI is InChI=1S/C16H13F4NO2/c17-12-8-5-11(6-9-12)7-10-15(22)21-13-3-1-2-4-14(13)23-16(18,19)20/h1-6,8-9H,7,10H2,(H,21,22). The highest BCUT2D eigenvalue weighted by Crippen LogP contribution is 2.30. The van der Waals surface area contributed by atoms with Crippen molar-refractivity contribution >= 4 is 11.6 Å². The van der Waals surface area contributed by atoms with Gasteiger partial charge in [0, 0.05) is 6.42 Å². The second kappa shape index (κ2) is 7.13. The van der Waals surface area contributed by atoms with Crippen LogP contribution in [0.5, 0.6) is 5.75 Å². The lowest BCUT2D eigenvalue weighted by Gasteiger charge is -2.13. The van der Waals surface area contributed by atoms with E-state index in [0.717, 1.165) is 11.6 Å². The van der Waals surface area contributed by atoms with E-state index in [1.54, 1.807) is 12.1 Å². The number of carbonyl (C=O) groups excluding carboxylic acids is 1. The maximum atomic E-state index is 12.8. The van der Waals surface area contributed by atoms with Crippen molar-refractivity contribution < 1.29 is 27.1 Å². The van der Waals surface area contributed by atoms with Crippen molar-refractivity contribution in [3.8, 4) is 5.75 Å². The number of benzene rings is 2. The number of hydrogen-bond donors (Lipinski definition) is 1. The van der Waals surface area contributed by atoms with E-state index in [0.29, 0.717) is 6.42 Å². The summed E-state index contributed by atoms with van der Waals surface area (Å²) in [5.74, 6) is -1.32. The van der Waals surface area contributed by atoms with Crippen molar-refractivity contribution in [2.45, 2.75) is 19.2 Å². The molecule has 3 nitrogen and oxygen atoms in total. The van der Waals surface area contributed by atoms with Crippen molar-refractivity contribution in [1.29, 1.82) is 0 Å². The normalized spacial score (nSPS) is 11.1. The third-order valence-corrected chi connectivity index (χ3v) is 2.94. The van der Waals surface area contributed by atoms with Crippen molar-refractivity contribution in [3.05, 3.63) is 59.9 Å². The highest BCUT2D eigenvalue weighted by molar-refractivity contribution is 5.92. The number of nitrogens with one attached hydrogen (secondary N) is 1. The fraction of sp³-hybridized carbons (Fsp3) is 0.188. The zero-order valence-electron chi connectivity index (χ0n) is 11.9. The monoisotopic (exact) mass is 327 g/mol. The Kier molecular flexibility index (Phi) is 5.20. The first kappa shape index (κ1) is 16.8. The van der Waals surface area contributed by atoms with Crippen LogP contribution in [0.25, 0.3) is 0 Å². The predicted molar refractivity (Wildman–Crippen MR) is 76.5 cm³/mol. The van der Waals surface area contributed by atoms with E-state index in [1.807, 2.05) is 0 Å². The van der Waals surface area contributed by atoms with E-state index in [2.05, 4.69) is 10.1 Å². The maximum absolute atomic E-state index is 12.8. The van der Waals surface area contributed by atoms with Gasteiger partial charge < -0.3 is 10.1 Å². The Morgan fingerprint density at radius 1 is 1.04 bits per heavy atom. The Hall–Kier alpha value is -2.57. The molecule has 0 aliphatic carbocycles. The third kappa shape index (κ3) is 5.61. The van der Waals surface area contributed by atoms with Crippen LogP contribution in [-0.4, -0.2) is 12.3 Å². The zero-order chi connectivity index (χ0) is 16.9. The summed E-state index contributed by atoms with van der Waals surface area (Å²) in [4.78, 5) is 11.8. The summed E-state index contributed by atoms with van der Waals surface area (Å²) in [7, 11) is 0. The van der Waals surface area contributed by atoms with Gasteiger partial charge in [0.2, 0.25) is 5.91 Å². The first-order valence-corrected chi connectivity index (χ1v) is 6.72. The van der Waals surface area contributed by atoms with Gasteiger partial charge in [0.05, 0.1) is 5.69 Å². The number of carbonyl (C=O) groups is 1. The van der Waals surface area contributed by atoms with Gasteiger partial charge in [-0.05, 0) is 36.2 Å². The van der Waals surface area contributed by atoms with E-state index >= 15 is 0 Å². The van der Waals surface area contributed by atoms with Crippen LogP contribution in [-0.2, 0) is 11.2 Å². The summed E-state index contributed by atoms with van der Waals surface area (Å²) in [6, 6.07) is 10.9. The quantitative estimate of drug-likeness (QED) is 0.832. The van der Waals surface area contributed by atoms with Crippen LogP contribution in [0.2, 0.25) is 0 Å². The van der Waals surface area contributed by atoms with Crippen LogP contribution in [0.15, 0.2) is 48.5 Å². The molecule has 0 radical (unpaired) electrons. The van der Waals surface area contributed by atoms with Crippen molar-refractivity contribution in [2.75, 3.05) is 5.32 Å². The Balaban J connectivity index is 1.96. The maximum Gasteiger partial charge on any atom is 0.573 e. The highest BCUT2D eigenvalue weighted by atomic mass is 19.4. The van der Waals surface area contributed by atoms with Gasteiger partial charge in [-0.3, -0.25) is 4.79 Å². The first-order chi connectivity index (χ1) is 10.8. The SMILES string of the molecule is O=C(CCc1ccc(F)cc1)Nc1ccccc1OC(F)(F)F. The fourth-order valence-electron chi connectivity index (χ4n) is 1.91. The summed E-state index contributed by atoms with van der Waals surface area (Å²) >= 11 is 0. The minimum Gasteiger partial charge on any atom is -0.404 e. The van der Waals surface area contributed by atoms with E-state index < -0.39 is 18.0 Å². The summed E-state index contributed by atoms with van der Waals surface area (Å²) in [5.41, 5.74) is 0.690. The lowest BCUT2D eigenvalue weighted by molar-refractivity contribution is -0.274. The van der Waals surface area contributed by atoms with Crippen LogP contribution in [0.1, 0.15) is 12.0 Å². The molecule has 2 aromatic carbocycles. The van der Waals surface area contributed by atoms with Crippen LogP contribution >= 0.6 is 0 Å². The Labute approximate surface area is 129 Å². The molecular formula is C16H13F4NO2. The van der Waals surface area contributed by atoms with Gasteiger partial charge >= 0.3 is 6.36 Å². The number of aryl methyl sites for hydroxylation is 1. The van der Waals surface area contributed by atoms with Crippen LogP contribution in [0.3, 0.4) is 0 Å². The summed E-state index contributed by atoms with van der Waals surface area (Å²) in [6.07, 6.45) is -4.45. The molecule has 0 heterocycles. The van der Waals surface area contributed by atoms with Crippen LogP contribution < -0.4 is 10.1 Å². The molecule has 0 spiro atoms. The molecule has 1 amide bonds. The molecule has 23 heavy (non-hydrogen) atoms. The van der Waals surface area contributed by atoms with Gasteiger partial charge in [-0.2, -0.15) is 0 Å². The molecule has 0 aromatic heterocycles. The molecule has 0 atom stereocenters. The van der Waals surface area contributed by atoms with Gasteiger partial charge in [-0.25, -0.2) is 4.39 Å².